The molecule has 3 nitrogen and oxygen atoms in total. The zero-order valence-corrected chi connectivity index (χ0v) is 10.5. The molecular formula is C13H21NO2. The van der Waals surface area contributed by atoms with Crippen LogP contribution in [0.2, 0.25) is 0 Å². The van der Waals surface area contributed by atoms with Crippen LogP contribution in [0.15, 0.2) is 18.2 Å². The smallest absolute Gasteiger partial charge is 0.125 e. The van der Waals surface area contributed by atoms with Gasteiger partial charge in [-0.15, -0.1) is 0 Å². The van der Waals surface area contributed by atoms with Crippen LogP contribution in [0.1, 0.15) is 19.4 Å². The van der Waals surface area contributed by atoms with Crippen LogP contribution in [0, 0.1) is 5.41 Å². The summed E-state index contributed by atoms with van der Waals surface area (Å²) in [6, 6.07) is 5.89. The van der Waals surface area contributed by atoms with E-state index >= 15 is 0 Å². The molecule has 0 spiro atoms. The number of rotatable bonds is 5. The van der Waals surface area contributed by atoms with E-state index in [0.717, 1.165) is 17.9 Å². The van der Waals surface area contributed by atoms with E-state index < -0.39 is 0 Å². The second kappa shape index (κ2) is 5.21. The quantitative estimate of drug-likeness (QED) is 0.832. The molecule has 0 aliphatic carbocycles. The molecular weight excluding hydrogens is 202 g/mol. The zero-order valence-electron chi connectivity index (χ0n) is 10.5. The second-order valence-electron chi connectivity index (χ2n) is 4.72. The van der Waals surface area contributed by atoms with Crippen molar-refractivity contribution in [1.82, 2.24) is 0 Å². The first-order valence-electron chi connectivity index (χ1n) is 5.43. The number of hydrogen-bond donors (Lipinski definition) is 1. The third-order valence-electron chi connectivity index (χ3n) is 2.72. The Balaban J connectivity index is 2.96. The van der Waals surface area contributed by atoms with E-state index in [0.29, 0.717) is 6.54 Å². The molecule has 0 aromatic heterocycles. The molecule has 0 aliphatic heterocycles. The van der Waals surface area contributed by atoms with Gasteiger partial charge in [-0.3, -0.25) is 0 Å². The van der Waals surface area contributed by atoms with Gasteiger partial charge in [-0.05, 0) is 30.0 Å². The molecule has 1 aromatic rings. The average Bonchev–Trinajstić information content (AvgIpc) is 2.29. The molecule has 2 N–H and O–H groups in total. The SMILES string of the molecule is COc1ccc(CC(C)(C)CN)c(OC)c1. The van der Waals surface area contributed by atoms with Gasteiger partial charge in [0.1, 0.15) is 11.5 Å². The minimum atomic E-state index is 0.0852. The topological polar surface area (TPSA) is 44.5 Å². The Morgan fingerprint density at radius 1 is 1.19 bits per heavy atom. The van der Waals surface area contributed by atoms with Gasteiger partial charge >= 0.3 is 0 Å². The van der Waals surface area contributed by atoms with Crippen LogP contribution < -0.4 is 15.2 Å². The van der Waals surface area contributed by atoms with Crippen LogP contribution in [0.25, 0.3) is 0 Å². The Morgan fingerprint density at radius 3 is 2.38 bits per heavy atom. The molecule has 16 heavy (non-hydrogen) atoms. The first-order valence-corrected chi connectivity index (χ1v) is 5.43. The lowest BCUT2D eigenvalue weighted by Gasteiger charge is -2.23. The first kappa shape index (κ1) is 12.8. The second-order valence-corrected chi connectivity index (χ2v) is 4.72. The van der Waals surface area contributed by atoms with Crippen molar-refractivity contribution in [3.05, 3.63) is 23.8 Å². The molecule has 0 fully saturated rings. The van der Waals surface area contributed by atoms with Gasteiger partial charge in [0.15, 0.2) is 0 Å². The summed E-state index contributed by atoms with van der Waals surface area (Å²) in [5.41, 5.74) is 6.99. The van der Waals surface area contributed by atoms with Crippen molar-refractivity contribution in [2.24, 2.45) is 11.1 Å². The molecule has 0 unspecified atom stereocenters. The van der Waals surface area contributed by atoms with Crippen molar-refractivity contribution in [3.8, 4) is 11.5 Å². The molecule has 0 saturated carbocycles. The lowest BCUT2D eigenvalue weighted by atomic mass is 9.85. The lowest BCUT2D eigenvalue weighted by Crippen LogP contribution is -2.26. The highest BCUT2D eigenvalue weighted by molar-refractivity contribution is 5.41. The van der Waals surface area contributed by atoms with E-state index in [1.54, 1.807) is 14.2 Å². The summed E-state index contributed by atoms with van der Waals surface area (Å²) < 4.78 is 10.5. The average molecular weight is 223 g/mol. The van der Waals surface area contributed by atoms with Crippen molar-refractivity contribution < 1.29 is 9.47 Å². The number of ether oxygens (including phenoxy) is 2. The van der Waals surface area contributed by atoms with Crippen LogP contribution in [-0.4, -0.2) is 20.8 Å². The molecule has 1 aromatic carbocycles. The molecule has 0 atom stereocenters. The van der Waals surface area contributed by atoms with Gasteiger partial charge in [-0.2, -0.15) is 0 Å². The number of benzene rings is 1. The highest BCUT2D eigenvalue weighted by atomic mass is 16.5. The third kappa shape index (κ3) is 3.14. The summed E-state index contributed by atoms with van der Waals surface area (Å²) in [5, 5.41) is 0. The lowest BCUT2D eigenvalue weighted by molar-refractivity contribution is 0.355. The van der Waals surface area contributed by atoms with E-state index in [1.807, 2.05) is 18.2 Å². The van der Waals surface area contributed by atoms with Crippen molar-refractivity contribution >= 4 is 0 Å². The maximum Gasteiger partial charge on any atom is 0.125 e. The maximum absolute atomic E-state index is 5.74. The predicted octanol–water partition coefficient (Wildman–Crippen LogP) is 2.23. The Morgan fingerprint density at radius 2 is 1.88 bits per heavy atom. The van der Waals surface area contributed by atoms with Gasteiger partial charge in [-0.25, -0.2) is 0 Å². The molecule has 1 rings (SSSR count). The van der Waals surface area contributed by atoms with E-state index in [1.165, 1.54) is 5.56 Å². The number of methoxy groups -OCH3 is 2. The molecule has 0 heterocycles. The van der Waals surface area contributed by atoms with Gasteiger partial charge in [0.25, 0.3) is 0 Å². The summed E-state index contributed by atoms with van der Waals surface area (Å²) >= 11 is 0. The molecule has 90 valence electrons. The number of nitrogens with two attached hydrogens (primary N) is 1. The summed E-state index contributed by atoms with van der Waals surface area (Å²) in [5.74, 6) is 1.67. The van der Waals surface area contributed by atoms with Gasteiger partial charge in [0.2, 0.25) is 0 Å². The molecule has 0 radical (unpaired) electrons. The summed E-state index contributed by atoms with van der Waals surface area (Å²) in [4.78, 5) is 0. The third-order valence-corrected chi connectivity index (χ3v) is 2.72. The highest BCUT2D eigenvalue weighted by Gasteiger charge is 2.18. The van der Waals surface area contributed by atoms with Crippen LogP contribution in [0.5, 0.6) is 11.5 Å². The largest absolute Gasteiger partial charge is 0.497 e. The molecule has 0 saturated heterocycles. The standard InChI is InChI=1S/C13H21NO2/c1-13(2,9-14)8-10-5-6-11(15-3)7-12(10)16-4/h5-7H,8-9,14H2,1-4H3. The minimum absolute atomic E-state index is 0.0852. The minimum Gasteiger partial charge on any atom is -0.497 e. The van der Waals surface area contributed by atoms with Gasteiger partial charge in [0.05, 0.1) is 14.2 Å². The van der Waals surface area contributed by atoms with E-state index in [2.05, 4.69) is 13.8 Å². The van der Waals surface area contributed by atoms with E-state index in [9.17, 15) is 0 Å². The van der Waals surface area contributed by atoms with Crippen LogP contribution in [0.3, 0.4) is 0 Å². The van der Waals surface area contributed by atoms with Crippen LogP contribution >= 0.6 is 0 Å². The zero-order chi connectivity index (χ0) is 12.2. The predicted molar refractivity (Wildman–Crippen MR) is 66.1 cm³/mol. The summed E-state index contributed by atoms with van der Waals surface area (Å²) in [6.45, 7) is 4.95. The maximum atomic E-state index is 5.74. The van der Waals surface area contributed by atoms with E-state index in [-0.39, 0.29) is 5.41 Å². The summed E-state index contributed by atoms with van der Waals surface area (Å²) in [6.07, 6.45) is 0.899. The number of hydrogen-bond acceptors (Lipinski definition) is 3. The van der Waals surface area contributed by atoms with E-state index in [4.69, 9.17) is 15.2 Å². The fourth-order valence-corrected chi connectivity index (χ4v) is 1.59. The highest BCUT2D eigenvalue weighted by Crippen LogP contribution is 2.30. The summed E-state index contributed by atoms with van der Waals surface area (Å²) in [7, 11) is 3.33. The molecule has 0 amide bonds. The van der Waals surface area contributed by atoms with Gasteiger partial charge < -0.3 is 15.2 Å². The Bertz CT molecular complexity index is 348. The monoisotopic (exact) mass is 223 g/mol. The van der Waals surface area contributed by atoms with Crippen molar-refractivity contribution in [3.63, 3.8) is 0 Å². The Hall–Kier alpha value is -1.22. The normalized spacial score (nSPS) is 11.3. The Kier molecular flexibility index (Phi) is 4.19. The van der Waals surface area contributed by atoms with Crippen molar-refractivity contribution in [2.45, 2.75) is 20.3 Å². The molecule has 0 bridgehead atoms. The van der Waals surface area contributed by atoms with Crippen LogP contribution in [-0.2, 0) is 6.42 Å². The van der Waals surface area contributed by atoms with Crippen LogP contribution in [0.4, 0.5) is 0 Å². The Labute approximate surface area is 97.6 Å². The fourth-order valence-electron chi connectivity index (χ4n) is 1.59. The molecule has 0 aliphatic rings. The molecule has 3 heteroatoms. The van der Waals surface area contributed by atoms with Crippen molar-refractivity contribution in [2.75, 3.05) is 20.8 Å². The van der Waals surface area contributed by atoms with Gasteiger partial charge in [0, 0.05) is 6.07 Å². The van der Waals surface area contributed by atoms with Gasteiger partial charge in [-0.1, -0.05) is 19.9 Å². The first-order chi connectivity index (χ1) is 7.52. The van der Waals surface area contributed by atoms with Crippen molar-refractivity contribution in [1.29, 1.82) is 0 Å². The fraction of sp³-hybridized carbons (Fsp3) is 0.538.